The Morgan fingerprint density at radius 2 is 1.79 bits per heavy atom. The van der Waals surface area contributed by atoms with Crippen LogP contribution in [-0.2, 0) is 14.3 Å². The molecule has 1 saturated heterocycles. The van der Waals surface area contributed by atoms with Crippen LogP contribution in [0.2, 0.25) is 0 Å². The lowest BCUT2D eigenvalue weighted by atomic mass is 10.1. The molecule has 2 rings (SSSR count). The molecule has 1 aromatic rings. The number of ether oxygens (including phenoxy) is 2. The summed E-state index contributed by atoms with van der Waals surface area (Å²) in [6.45, 7) is 6.51. The lowest BCUT2D eigenvalue weighted by Crippen LogP contribution is -2.47. The van der Waals surface area contributed by atoms with Crippen molar-refractivity contribution in [2.24, 2.45) is 0 Å². The molecule has 0 saturated carbocycles. The SMILES string of the molecule is Cc1cc(C)c(OCC(=O)N(CC(=O)O)C2CCOCC2)c(C)c1. The molecule has 0 radical (unpaired) electrons. The Morgan fingerprint density at radius 1 is 1.21 bits per heavy atom. The van der Waals surface area contributed by atoms with E-state index in [0.29, 0.717) is 31.8 Å². The van der Waals surface area contributed by atoms with Gasteiger partial charge in [-0.15, -0.1) is 0 Å². The number of carboxylic acids is 1. The van der Waals surface area contributed by atoms with E-state index in [0.717, 1.165) is 16.7 Å². The Hall–Kier alpha value is -2.08. The van der Waals surface area contributed by atoms with Gasteiger partial charge in [-0.25, -0.2) is 0 Å². The van der Waals surface area contributed by atoms with Crippen molar-refractivity contribution in [2.75, 3.05) is 26.4 Å². The van der Waals surface area contributed by atoms with Crippen LogP contribution in [0.1, 0.15) is 29.5 Å². The van der Waals surface area contributed by atoms with Crippen LogP contribution in [0.5, 0.6) is 5.75 Å². The van der Waals surface area contributed by atoms with Crippen LogP contribution in [0.15, 0.2) is 12.1 Å². The molecule has 132 valence electrons. The molecule has 0 aliphatic carbocycles. The number of nitrogens with zero attached hydrogens (tertiary/aromatic N) is 1. The van der Waals surface area contributed by atoms with E-state index in [1.165, 1.54) is 4.90 Å². The summed E-state index contributed by atoms with van der Waals surface area (Å²) >= 11 is 0. The molecule has 0 aromatic heterocycles. The first kappa shape index (κ1) is 18.3. The molecular formula is C18H25NO5. The predicted molar refractivity (Wildman–Crippen MR) is 89.3 cm³/mol. The number of carbonyl (C=O) groups is 2. The lowest BCUT2D eigenvalue weighted by molar-refractivity contribution is -0.148. The molecule has 6 heteroatoms. The molecule has 1 aromatic carbocycles. The van der Waals surface area contributed by atoms with Crippen molar-refractivity contribution < 1.29 is 24.2 Å². The Labute approximate surface area is 142 Å². The molecule has 1 N–H and O–H groups in total. The Kier molecular flexibility index (Phi) is 6.20. The topological polar surface area (TPSA) is 76.1 Å². The first-order valence-corrected chi connectivity index (χ1v) is 8.18. The zero-order valence-corrected chi connectivity index (χ0v) is 14.5. The van der Waals surface area contributed by atoms with Gasteiger partial charge in [0.1, 0.15) is 12.3 Å². The second kappa shape index (κ2) is 8.15. The zero-order chi connectivity index (χ0) is 17.7. The summed E-state index contributed by atoms with van der Waals surface area (Å²) in [5, 5.41) is 9.10. The van der Waals surface area contributed by atoms with Crippen molar-refractivity contribution in [1.29, 1.82) is 0 Å². The van der Waals surface area contributed by atoms with E-state index in [-0.39, 0.29) is 25.1 Å². The van der Waals surface area contributed by atoms with Crippen LogP contribution in [0.4, 0.5) is 0 Å². The normalized spacial score (nSPS) is 15.1. The molecule has 0 atom stereocenters. The number of amides is 1. The molecule has 0 spiro atoms. The molecule has 0 unspecified atom stereocenters. The van der Waals surface area contributed by atoms with Crippen LogP contribution < -0.4 is 4.74 Å². The summed E-state index contributed by atoms with van der Waals surface area (Å²) in [5.41, 5.74) is 3.07. The second-order valence-electron chi connectivity index (χ2n) is 6.28. The summed E-state index contributed by atoms with van der Waals surface area (Å²) in [7, 11) is 0. The molecule has 1 aliphatic heterocycles. The fraction of sp³-hybridized carbons (Fsp3) is 0.556. The summed E-state index contributed by atoms with van der Waals surface area (Å²) < 4.78 is 11.0. The van der Waals surface area contributed by atoms with Crippen molar-refractivity contribution in [3.63, 3.8) is 0 Å². The average molecular weight is 335 g/mol. The number of carbonyl (C=O) groups excluding carboxylic acids is 1. The van der Waals surface area contributed by atoms with Gasteiger partial charge in [-0.2, -0.15) is 0 Å². The summed E-state index contributed by atoms with van der Waals surface area (Å²) in [6, 6.07) is 3.90. The van der Waals surface area contributed by atoms with Crippen molar-refractivity contribution in [3.8, 4) is 5.75 Å². The van der Waals surface area contributed by atoms with Gasteiger partial charge in [-0.05, 0) is 44.7 Å². The maximum atomic E-state index is 12.5. The van der Waals surface area contributed by atoms with E-state index in [1.807, 2.05) is 32.9 Å². The quantitative estimate of drug-likeness (QED) is 0.861. The van der Waals surface area contributed by atoms with Gasteiger partial charge < -0.3 is 19.5 Å². The summed E-state index contributed by atoms with van der Waals surface area (Å²) in [5.74, 6) is -0.627. The van der Waals surface area contributed by atoms with Crippen molar-refractivity contribution in [1.82, 2.24) is 4.90 Å². The maximum absolute atomic E-state index is 12.5. The minimum atomic E-state index is -1.02. The highest BCUT2D eigenvalue weighted by atomic mass is 16.5. The Morgan fingerprint density at radius 3 is 2.33 bits per heavy atom. The smallest absolute Gasteiger partial charge is 0.323 e. The molecule has 0 bridgehead atoms. The number of benzene rings is 1. The summed E-state index contributed by atoms with van der Waals surface area (Å²) in [6.07, 6.45) is 1.31. The first-order chi connectivity index (χ1) is 11.4. The van der Waals surface area contributed by atoms with Crippen LogP contribution in [0.3, 0.4) is 0 Å². The highest BCUT2D eigenvalue weighted by Gasteiger charge is 2.28. The summed E-state index contributed by atoms with van der Waals surface area (Å²) in [4.78, 5) is 25.1. The van der Waals surface area contributed by atoms with Crippen molar-refractivity contribution >= 4 is 11.9 Å². The van der Waals surface area contributed by atoms with E-state index in [1.54, 1.807) is 0 Å². The fourth-order valence-corrected chi connectivity index (χ4v) is 3.17. The third-order valence-electron chi connectivity index (χ3n) is 4.20. The van der Waals surface area contributed by atoms with Crippen LogP contribution in [0.25, 0.3) is 0 Å². The van der Waals surface area contributed by atoms with E-state index in [9.17, 15) is 9.59 Å². The monoisotopic (exact) mass is 335 g/mol. The highest BCUT2D eigenvalue weighted by Crippen LogP contribution is 2.24. The van der Waals surface area contributed by atoms with Crippen molar-refractivity contribution in [3.05, 3.63) is 28.8 Å². The molecule has 24 heavy (non-hydrogen) atoms. The molecule has 1 aliphatic rings. The van der Waals surface area contributed by atoms with Gasteiger partial charge in [0.05, 0.1) is 0 Å². The third kappa shape index (κ3) is 4.71. The zero-order valence-electron chi connectivity index (χ0n) is 14.5. The van der Waals surface area contributed by atoms with Gasteiger partial charge in [0, 0.05) is 19.3 Å². The first-order valence-electron chi connectivity index (χ1n) is 8.18. The molecule has 1 fully saturated rings. The number of aryl methyl sites for hydroxylation is 3. The predicted octanol–water partition coefficient (Wildman–Crippen LogP) is 2.08. The number of carboxylic acid groups (broad SMARTS) is 1. The molecule has 6 nitrogen and oxygen atoms in total. The number of hydrogen-bond acceptors (Lipinski definition) is 4. The van der Waals surface area contributed by atoms with Gasteiger partial charge in [0.15, 0.2) is 6.61 Å². The lowest BCUT2D eigenvalue weighted by Gasteiger charge is -2.33. The van der Waals surface area contributed by atoms with E-state index in [4.69, 9.17) is 14.6 Å². The number of aliphatic carboxylic acids is 1. The van der Waals surface area contributed by atoms with E-state index >= 15 is 0 Å². The molecular weight excluding hydrogens is 310 g/mol. The van der Waals surface area contributed by atoms with Gasteiger partial charge in [0.2, 0.25) is 0 Å². The maximum Gasteiger partial charge on any atom is 0.323 e. The van der Waals surface area contributed by atoms with Crippen LogP contribution in [-0.4, -0.2) is 54.3 Å². The van der Waals surface area contributed by atoms with Crippen molar-refractivity contribution in [2.45, 2.75) is 39.7 Å². The van der Waals surface area contributed by atoms with Gasteiger partial charge in [0.25, 0.3) is 5.91 Å². The van der Waals surface area contributed by atoms with Crippen LogP contribution in [0, 0.1) is 20.8 Å². The Balaban J connectivity index is 2.06. The van der Waals surface area contributed by atoms with E-state index < -0.39 is 5.97 Å². The van der Waals surface area contributed by atoms with Crippen LogP contribution >= 0.6 is 0 Å². The largest absolute Gasteiger partial charge is 0.483 e. The molecule has 1 amide bonds. The fourth-order valence-electron chi connectivity index (χ4n) is 3.17. The van der Waals surface area contributed by atoms with Gasteiger partial charge in [-0.1, -0.05) is 17.7 Å². The Bertz CT molecular complexity index is 584. The minimum absolute atomic E-state index is 0.105. The van der Waals surface area contributed by atoms with Gasteiger partial charge in [-0.3, -0.25) is 9.59 Å². The second-order valence-corrected chi connectivity index (χ2v) is 6.28. The van der Waals surface area contributed by atoms with Gasteiger partial charge >= 0.3 is 5.97 Å². The third-order valence-corrected chi connectivity index (χ3v) is 4.20. The molecule has 1 heterocycles. The minimum Gasteiger partial charge on any atom is -0.483 e. The average Bonchev–Trinajstić information content (AvgIpc) is 2.52. The number of hydrogen-bond donors (Lipinski definition) is 1. The number of rotatable bonds is 6. The standard InChI is InChI=1S/C18H25NO5/c1-12-8-13(2)18(14(3)9-12)24-11-16(20)19(10-17(21)22)15-4-6-23-7-5-15/h8-9,15H,4-7,10-11H2,1-3H3,(H,21,22). The highest BCUT2D eigenvalue weighted by molar-refractivity contribution is 5.82. The van der Waals surface area contributed by atoms with E-state index in [2.05, 4.69) is 0 Å².